The lowest BCUT2D eigenvalue weighted by Gasteiger charge is -2.10. The Morgan fingerprint density at radius 1 is 1.39 bits per heavy atom. The lowest BCUT2D eigenvalue weighted by molar-refractivity contribution is 0.0954. The van der Waals surface area contributed by atoms with Crippen LogP contribution in [0.15, 0.2) is 17.2 Å². The second-order valence-electron chi connectivity index (χ2n) is 4.86. The minimum Gasteiger partial charge on any atom is -0.504 e. The smallest absolute Gasteiger partial charge is 0.273 e. The van der Waals surface area contributed by atoms with Gasteiger partial charge in [-0.25, -0.2) is 5.43 Å². The number of amides is 1. The van der Waals surface area contributed by atoms with Gasteiger partial charge in [0, 0.05) is 6.21 Å². The lowest BCUT2D eigenvalue weighted by Crippen LogP contribution is -2.20. The highest BCUT2D eigenvalue weighted by atomic mass is 35.5. The molecule has 1 rings (SSSR count). The Kier molecular flexibility index (Phi) is 4.19. The molecule has 1 amide bonds. The van der Waals surface area contributed by atoms with Crippen LogP contribution < -0.4 is 5.43 Å². The van der Waals surface area contributed by atoms with Gasteiger partial charge in [-0.05, 0) is 17.5 Å². The maximum absolute atomic E-state index is 11.7. The van der Waals surface area contributed by atoms with Crippen LogP contribution in [0, 0.1) is 5.41 Å². The van der Waals surface area contributed by atoms with Crippen LogP contribution in [0.3, 0.4) is 0 Å². The van der Waals surface area contributed by atoms with Crippen LogP contribution in [-0.4, -0.2) is 22.3 Å². The number of halogens is 1. The third kappa shape index (κ3) is 3.63. The van der Waals surface area contributed by atoms with Crippen molar-refractivity contribution in [2.45, 2.75) is 20.8 Å². The average molecular weight is 271 g/mol. The molecule has 98 valence electrons. The van der Waals surface area contributed by atoms with Gasteiger partial charge >= 0.3 is 0 Å². The Hall–Kier alpha value is -1.75. The van der Waals surface area contributed by atoms with Crippen molar-refractivity contribution in [2.75, 3.05) is 0 Å². The number of phenols is 2. The van der Waals surface area contributed by atoms with Crippen LogP contribution in [0.25, 0.3) is 0 Å². The molecule has 0 aliphatic heterocycles. The van der Waals surface area contributed by atoms with Gasteiger partial charge in [0.05, 0.1) is 10.6 Å². The summed E-state index contributed by atoms with van der Waals surface area (Å²) in [7, 11) is 0. The molecular formula is C12H15ClN2O3. The van der Waals surface area contributed by atoms with Gasteiger partial charge in [-0.15, -0.1) is 0 Å². The van der Waals surface area contributed by atoms with E-state index >= 15 is 0 Å². The van der Waals surface area contributed by atoms with Crippen LogP contribution in [0.2, 0.25) is 5.02 Å². The van der Waals surface area contributed by atoms with Crippen LogP contribution in [0.1, 0.15) is 31.1 Å². The Balaban J connectivity index is 2.86. The zero-order chi connectivity index (χ0) is 13.9. The summed E-state index contributed by atoms with van der Waals surface area (Å²) in [6, 6.07) is 2.49. The van der Waals surface area contributed by atoms with Gasteiger partial charge in [0.2, 0.25) is 0 Å². The predicted molar refractivity (Wildman–Crippen MR) is 70.2 cm³/mol. The van der Waals surface area contributed by atoms with Crippen molar-refractivity contribution in [2.24, 2.45) is 10.5 Å². The maximum Gasteiger partial charge on any atom is 0.273 e. The molecule has 0 aliphatic rings. The molecule has 0 aromatic heterocycles. The van der Waals surface area contributed by atoms with Crippen LogP contribution in [0.5, 0.6) is 11.5 Å². The molecule has 0 spiro atoms. The van der Waals surface area contributed by atoms with E-state index in [9.17, 15) is 15.0 Å². The lowest BCUT2D eigenvalue weighted by atomic mass is 9.99. The monoisotopic (exact) mass is 270 g/mol. The van der Waals surface area contributed by atoms with Crippen LogP contribution in [-0.2, 0) is 0 Å². The van der Waals surface area contributed by atoms with Crippen molar-refractivity contribution in [1.82, 2.24) is 5.43 Å². The Labute approximate surface area is 110 Å². The van der Waals surface area contributed by atoms with Gasteiger partial charge < -0.3 is 10.2 Å². The number of aromatic hydroxyl groups is 2. The van der Waals surface area contributed by atoms with E-state index in [0.717, 1.165) is 0 Å². The standard InChI is InChI=1S/C12H15ClN2O3/c1-12(2,3)6-14-15-11(18)7-4-5-8(16)10(17)9(7)13/h4-6,16-17H,1-3H3,(H,15,18)/b14-6+. The van der Waals surface area contributed by atoms with Gasteiger partial charge in [-0.1, -0.05) is 32.4 Å². The van der Waals surface area contributed by atoms with E-state index in [4.69, 9.17) is 11.6 Å². The van der Waals surface area contributed by atoms with E-state index in [1.54, 1.807) is 6.21 Å². The second-order valence-corrected chi connectivity index (χ2v) is 5.24. The molecule has 6 heteroatoms. The van der Waals surface area contributed by atoms with E-state index in [-0.39, 0.29) is 21.8 Å². The van der Waals surface area contributed by atoms with Gasteiger partial charge in [0.15, 0.2) is 11.5 Å². The zero-order valence-corrected chi connectivity index (χ0v) is 11.1. The third-order valence-electron chi connectivity index (χ3n) is 1.96. The third-order valence-corrected chi connectivity index (χ3v) is 2.34. The fraction of sp³-hybridized carbons (Fsp3) is 0.333. The molecule has 0 heterocycles. The van der Waals surface area contributed by atoms with Crippen LogP contribution in [0.4, 0.5) is 0 Å². The SMILES string of the molecule is CC(C)(C)/C=N/NC(=O)c1ccc(O)c(O)c1Cl. The number of carbonyl (C=O) groups is 1. The van der Waals surface area contributed by atoms with Crippen molar-refractivity contribution in [3.63, 3.8) is 0 Å². The van der Waals surface area contributed by atoms with Gasteiger partial charge in [0.1, 0.15) is 0 Å². The quantitative estimate of drug-likeness (QED) is 0.439. The summed E-state index contributed by atoms with van der Waals surface area (Å²) in [4.78, 5) is 11.7. The summed E-state index contributed by atoms with van der Waals surface area (Å²) in [6.45, 7) is 5.80. The number of hydrogen-bond donors (Lipinski definition) is 3. The summed E-state index contributed by atoms with van der Waals surface area (Å²) in [5.41, 5.74) is 2.18. The molecule has 3 N–H and O–H groups in total. The minimum atomic E-state index is -0.559. The predicted octanol–water partition coefficient (Wildman–Crippen LogP) is 2.51. The highest BCUT2D eigenvalue weighted by molar-refractivity contribution is 6.35. The van der Waals surface area contributed by atoms with Gasteiger partial charge in [-0.2, -0.15) is 5.10 Å². The number of nitrogens with zero attached hydrogens (tertiary/aromatic N) is 1. The minimum absolute atomic E-state index is 0.0398. The number of hydrogen-bond acceptors (Lipinski definition) is 4. The van der Waals surface area contributed by atoms with E-state index in [1.807, 2.05) is 20.8 Å². The first-order chi connectivity index (χ1) is 8.22. The first-order valence-corrected chi connectivity index (χ1v) is 5.65. The van der Waals surface area contributed by atoms with Gasteiger partial charge in [-0.3, -0.25) is 4.79 Å². The van der Waals surface area contributed by atoms with E-state index in [0.29, 0.717) is 0 Å². The Morgan fingerprint density at radius 3 is 2.56 bits per heavy atom. The first-order valence-electron chi connectivity index (χ1n) is 5.27. The number of rotatable bonds is 2. The molecule has 0 aliphatic carbocycles. The Morgan fingerprint density at radius 2 is 2.00 bits per heavy atom. The maximum atomic E-state index is 11.7. The molecule has 0 saturated carbocycles. The number of carbonyl (C=O) groups excluding carboxylic acids is 1. The molecule has 0 radical (unpaired) electrons. The first kappa shape index (κ1) is 14.3. The molecular weight excluding hydrogens is 256 g/mol. The summed E-state index contributed by atoms with van der Waals surface area (Å²) >= 11 is 5.74. The van der Waals surface area contributed by atoms with E-state index in [1.165, 1.54) is 12.1 Å². The molecule has 18 heavy (non-hydrogen) atoms. The highest BCUT2D eigenvalue weighted by Crippen LogP contribution is 2.35. The summed E-state index contributed by atoms with van der Waals surface area (Å²) in [5.74, 6) is -1.46. The molecule has 1 aromatic carbocycles. The number of nitrogens with one attached hydrogen (secondary N) is 1. The van der Waals surface area contributed by atoms with Crippen molar-refractivity contribution in [3.05, 3.63) is 22.7 Å². The van der Waals surface area contributed by atoms with Crippen molar-refractivity contribution in [3.8, 4) is 11.5 Å². The van der Waals surface area contributed by atoms with E-state index < -0.39 is 11.7 Å². The summed E-state index contributed by atoms with van der Waals surface area (Å²) in [6.07, 6.45) is 1.58. The highest BCUT2D eigenvalue weighted by Gasteiger charge is 2.16. The second kappa shape index (κ2) is 5.27. The van der Waals surface area contributed by atoms with Crippen molar-refractivity contribution in [1.29, 1.82) is 0 Å². The molecule has 5 nitrogen and oxygen atoms in total. The number of phenolic OH excluding ortho intramolecular Hbond substituents is 2. The summed E-state index contributed by atoms with van der Waals surface area (Å²) < 4.78 is 0. The Bertz CT molecular complexity index is 493. The van der Waals surface area contributed by atoms with E-state index in [2.05, 4.69) is 10.5 Å². The molecule has 0 saturated heterocycles. The molecule has 1 aromatic rings. The summed E-state index contributed by atoms with van der Waals surface area (Å²) in [5, 5.41) is 22.2. The molecule has 0 bridgehead atoms. The normalized spacial score (nSPS) is 11.8. The molecule has 0 fully saturated rings. The van der Waals surface area contributed by atoms with Crippen molar-refractivity contribution >= 4 is 23.7 Å². The zero-order valence-electron chi connectivity index (χ0n) is 10.4. The topological polar surface area (TPSA) is 81.9 Å². The number of hydrazone groups is 1. The fourth-order valence-corrected chi connectivity index (χ4v) is 1.32. The number of benzene rings is 1. The van der Waals surface area contributed by atoms with Gasteiger partial charge in [0.25, 0.3) is 5.91 Å². The molecule has 0 atom stereocenters. The average Bonchev–Trinajstić information content (AvgIpc) is 2.24. The van der Waals surface area contributed by atoms with Crippen molar-refractivity contribution < 1.29 is 15.0 Å². The van der Waals surface area contributed by atoms with Crippen LogP contribution >= 0.6 is 11.6 Å². The largest absolute Gasteiger partial charge is 0.504 e. The fourth-order valence-electron chi connectivity index (χ4n) is 1.07. The molecule has 0 unspecified atom stereocenters.